The second-order valence-corrected chi connectivity index (χ2v) is 5.20. The van der Waals surface area contributed by atoms with E-state index in [1.54, 1.807) is 6.26 Å². The molecule has 0 aromatic carbocycles. The number of nitrogens with one attached hydrogen (secondary N) is 1. The average molecular weight is 318 g/mol. The molecule has 0 bridgehead atoms. The number of rotatable bonds is 9. The number of hydrogen-bond donors (Lipinski definition) is 1. The highest BCUT2D eigenvalue weighted by Gasteiger charge is 2.26. The summed E-state index contributed by atoms with van der Waals surface area (Å²) in [7, 11) is 0. The van der Waals surface area contributed by atoms with E-state index >= 15 is 0 Å². The molecular formula is C14H24BrNO2. The summed E-state index contributed by atoms with van der Waals surface area (Å²) in [6.07, 6.45) is 5.11. The first kappa shape index (κ1) is 15.7. The van der Waals surface area contributed by atoms with Gasteiger partial charge in [0.15, 0.2) is 0 Å². The minimum atomic E-state index is 0.120. The SMILES string of the molecule is CCCNC(c1occc1Br)C(CCC)OCC. The largest absolute Gasteiger partial charge is 0.466 e. The van der Waals surface area contributed by atoms with Gasteiger partial charge >= 0.3 is 0 Å². The highest BCUT2D eigenvalue weighted by atomic mass is 79.9. The molecule has 4 heteroatoms. The highest BCUT2D eigenvalue weighted by Crippen LogP contribution is 2.30. The summed E-state index contributed by atoms with van der Waals surface area (Å²) in [4.78, 5) is 0. The first-order valence-electron chi connectivity index (χ1n) is 6.82. The first-order chi connectivity index (χ1) is 8.74. The molecule has 0 aliphatic rings. The molecule has 0 radical (unpaired) electrons. The van der Waals surface area contributed by atoms with E-state index in [0.29, 0.717) is 0 Å². The van der Waals surface area contributed by atoms with E-state index in [9.17, 15) is 0 Å². The molecule has 0 aliphatic carbocycles. The van der Waals surface area contributed by atoms with Gasteiger partial charge in [-0.15, -0.1) is 0 Å². The van der Waals surface area contributed by atoms with Crippen molar-refractivity contribution in [1.29, 1.82) is 0 Å². The topological polar surface area (TPSA) is 34.4 Å². The number of halogens is 1. The predicted molar refractivity (Wildman–Crippen MR) is 77.8 cm³/mol. The molecule has 0 aliphatic heterocycles. The van der Waals surface area contributed by atoms with Crippen LogP contribution < -0.4 is 5.32 Å². The fourth-order valence-electron chi connectivity index (χ4n) is 2.06. The van der Waals surface area contributed by atoms with Crippen molar-refractivity contribution in [2.24, 2.45) is 0 Å². The molecule has 0 saturated carbocycles. The Balaban J connectivity index is 2.84. The maximum absolute atomic E-state index is 5.88. The van der Waals surface area contributed by atoms with Gasteiger partial charge < -0.3 is 14.5 Å². The van der Waals surface area contributed by atoms with Crippen molar-refractivity contribution in [3.05, 3.63) is 22.6 Å². The van der Waals surface area contributed by atoms with Crippen molar-refractivity contribution in [1.82, 2.24) is 5.32 Å². The van der Waals surface area contributed by atoms with Crippen molar-refractivity contribution >= 4 is 15.9 Å². The average Bonchev–Trinajstić information content (AvgIpc) is 2.77. The zero-order valence-corrected chi connectivity index (χ0v) is 13.1. The second-order valence-electron chi connectivity index (χ2n) is 4.35. The fourth-order valence-corrected chi connectivity index (χ4v) is 2.51. The van der Waals surface area contributed by atoms with Crippen molar-refractivity contribution in [2.45, 2.75) is 52.2 Å². The van der Waals surface area contributed by atoms with Gasteiger partial charge in [0.1, 0.15) is 5.76 Å². The van der Waals surface area contributed by atoms with Crippen LogP contribution >= 0.6 is 15.9 Å². The lowest BCUT2D eigenvalue weighted by Crippen LogP contribution is -2.34. The third kappa shape index (κ3) is 4.41. The maximum Gasteiger partial charge on any atom is 0.137 e. The smallest absolute Gasteiger partial charge is 0.137 e. The Morgan fingerprint density at radius 3 is 2.61 bits per heavy atom. The Morgan fingerprint density at radius 1 is 1.33 bits per heavy atom. The normalized spacial score (nSPS) is 14.7. The molecule has 1 aromatic rings. The summed E-state index contributed by atoms with van der Waals surface area (Å²) < 4.78 is 12.5. The molecule has 2 atom stereocenters. The summed E-state index contributed by atoms with van der Waals surface area (Å²) in [6.45, 7) is 8.08. The molecule has 0 amide bonds. The zero-order chi connectivity index (χ0) is 13.4. The van der Waals surface area contributed by atoms with Crippen LogP contribution in [0, 0.1) is 0 Å². The molecule has 1 aromatic heterocycles. The van der Waals surface area contributed by atoms with E-state index in [1.807, 2.05) is 13.0 Å². The monoisotopic (exact) mass is 317 g/mol. The number of hydrogen-bond acceptors (Lipinski definition) is 3. The molecule has 3 nitrogen and oxygen atoms in total. The van der Waals surface area contributed by atoms with Gasteiger partial charge in [0, 0.05) is 6.61 Å². The summed E-state index contributed by atoms with van der Waals surface area (Å²) in [5, 5.41) is 3.53. The molecule has 0 saturated heterocycles. The van der Waals surface area contributed by atoms with Crippen molar-refractivity contribution in [3.8, 4) is 0 Å². The third-order valence-electron chi connectivity index (χ3n) is 2.87. The van der Waals surface area contributed by atoms with Gasteiger partial charge in [-0.2, -0.15) is 0 Å². The molecule has 0 spiro atoms. The molecule has 1 heterocycles. The molecule has 18 heavy (non-hydrogen) atoms. The minimum absolute atomic E-state index is 0.120. The van der Waals surface area contributed by atoms with Gasteiger partial charge in [-0.1, -0.05) is 20.3 Å². The van der Waals surface area contributed by atoms with Crippen LogP contribution in [0.2, 0.25) is 0 Å². The highest BCUT2D eigenvalue weighted by molar-refractivity contribution is 9.10. The summed E-state index contributed by atoms with van der Waals surface area (Å²) in [6, 6.07) is 2.06. The summed E-state index contributed by atoms with van der Waals surface area (Å²) in [5.74, 6) is 0.940. The van der Waals surface area contributed by atoms with Crippen LogP contribution in [0.3, 0.4) is 0 Å². The predicted octanol–water partition coefficient (Wildman–Crippen LogP) is 4.29. The van der Waals surface area contributed by atoms with E-state index in [2.05, 4.69) is 35.1 Å². The van der Waals surface area contributed by atoms with Gasteiger partial charge in [-0.05, 0) is 48.3 Å². The number of furan rings is 1. The van der Waals surface area contributed by atoms with E-state index < -0.39 is 0 Å². The zero-order valence-electron chi connectivity index (χ0n) is 11.5. The lowest BCUT2D eigenvalue weighted by Gasteiger charge is -2.26. The van der Waals surface area contributed by atoms with Gasteiger partial charge in [0.2, 0.25) is 0 Å². The van der Waals surface area contributed by atoms with Crippen molar-refractivity contribution < 1.29 is 9.15 Å². The summed E-state index contributed by atoms with van der Waals surface area (Å²) >= 11 is 3.54. The molecule has 1 N–H and O–H groups in total. The first-order valence-corrected chi connectivity index (χ1v) is 7.61. The Kier molecular flexibility index (Phi) is 7.63. The fraction of sp³-hybridized carbons (Fsp3) is 0.714. The van der Waals surface area contributed by atoms with E-state index in [1.165, 1.54) is 0 Å². The van der Waals surface area contributed by atoms with Crippen molar-refractivity contribution in [2.75, 3.05) is 13.2 Å². The van der Waals surface area contributed by atoms with Gasteiger partial charge in [-0.25, -0.2) is 0 Å². The number of ether oxygens (including phenoxy) is 1. The van der Waals surface area contributed by atoms with Crippen LogP contribution in [-0.4, -0.2) is 19.3 Å². The van der Waals surface area contributed by atoms with Crippen molar-refractivity contribution in [3.63, 3.8) is 0 Å². The standard InChI is InChI=1S/C14H24BrNO2/c1-4-7-12(17-6-3)13(16-9-5-2)14-11(15)8-10-18-14/h8,10,12-13,16H,4-7,9H2,1-3H3. The summed E-state index contributed by atoms with van der Waals surface area (Å²) in [5.41, 5.74) is 0. The lowest BCUT2D eigenvalue weighted by atomic mass is 10.0. The molecule has 0 fully saturated rings. The minimum Gasteiger partial charge on any atom is -0.466 e. The molecule has 2 unspecified atom stereocenters. The Morgan fingerprint density at radius 2 is 2.11 bits per heavy atom. The van der Waals surface area contributed by atoms with Crippen LogP contribution in [-0.2, 0) is 4.74 Å². The second kappa shape index (κ2) is 8.73. The van der Waals surface area contributed by atoms with Gasteiger partial charge in [-0.3, -0.25) is 0 Å². The van der Waals surface area contributed by atoms with Crippen LogP contribution in [0.5, 0.6) is 0 Å². The van der Waals surface area contributed by atoms with Crippen LogP contribution in [0.1, 0.15) is 51.8 Å². The van der Waals surface area contributed by atoms with Crippen LogP contribution in [0.25, 0.3) is 0 Å². The Hall–Kier alpha value is -0.320. The molecule has 104 valence electrons. The van der Waals surface area contributed by atoms with Gasteiger partial charge in [0.05, 0.1) is 22.9 Å². The van der Waals surface area contributed by atoms with Crippen LogP contribution in [0.4, 0.5) is 0 Å². The Labute approximate surface area is 118 Å². The van der Waals surface area contributed by atoms with Crippen LogP contribution in [0.15, 0.2) is 21.2 Å². The molecule has 1 rings (SSSR count). The Bertz CT molecular complexity index is 321. The lowest BCUT2D eigenvalue weighted by molar-refractivity contribution is 0.0219. The maximum atomic E-state index is 5.88. The quantitative estimate of drug-likeness (QED) is 0.737. The third-order valence-corrected chi connectivity index (χ3v) is 3.52. The van der Waals surface area contributed by atoms with Gasteiger partial charge in [0.25, 0.3) is 0 Å². The van der Waals surface area contributed by atoms with E-state index in [0.717, 1.165) is 42.6 Å². The molecular weight excluding hydrogens is 294 g/mol. The van der Waals surface area contributed by atoms with E-state index in [-0.39, 0.29) is 12.1 Å². The van der Waals surface area contributed by atoms with E-state index in [4.69, 9.17) is 9.15 Å².